The monoisotopic (exact) mass is 366 g/mol. The van der Waals surface area contributed by atoms with E-state index in [2.05, 4.69) is 16.6 Å². The van der Waals surface area contributed by atoms with Gasteiger partial charge in [-0.15, -0.1) is 0 Å². The van der Waals surface area contributed by atoms with Crippen LogP contribution in [-0.2, 0) is 14.1 Å². The lowest BCUT2D eigenvalue weighted by molar-refractivity contribution is 0.0926. The first-order valence-corrected chi connectivity index (χ1v) is 8.70. The van der Waals surface area contributed by atoms with Crippen molar-refractivity contribution in [3.8, 4) is 17.3 Å². The molecule has 1 aliphatic rings. The summed E-state index contributed by atoms with van der Waals surface area (Å²) in [6.45, 7) is 1.06. The Balaban J connectivity index is 1.67. The second-order valence-electron chi connectivity index (χ2n) is 6.86. The molecule has 3 aromatic rings. The summed E-state index contributed by atoms with van der Waals surface area (Å²) < 4.78 is 18.4. The van der Waals surface area contributed by atoms with E-state index < -0.39 is 11.7 Å². The molecule has 1 amide bonds. The maximum absolute atomic E-state index is 15.1. The van der Waals surface area contributed by atoms with E-state index in [1.54, 1.807) is 33.5 Å². The van der Waals surface area contributed by atoms with Crippen molar-refractivity contribution in [1.29, 1.82) is 5.26 Å². The van der Waals surface area contributed by atoms with Crippen LogP contribution in [0.25, 0.3) is 22.0 Å². The molecule has 0 radical (unpaired) electrons. The number of likely N-dealkylation sites (tertiary alicyclic amines) is 1. The summed E-state index contributed by atoms with van der Waals surface area (Å²) >= 11 is 0. The third kappa shape index (κ3) is 2.91. The fourth-order valence-electron chi connectivity index (χ4n) is 3.62. The molecular weight excluding hydrogens is 347 g/mol. The van der Waals surface area contributed by atoms with Crippen LogP contribution in [0.3, 0.4) is 0 Å². The minimum Gasteiger partial charge on any atom is -0.346 e. The summed E-state index contributed by atoms with van der Waals surface area (Å²) in [5.74, 6) is -0.996. The Labute approximate surface area is 155 Å². The summed E-state index contributed by atoms with van der Waals surface area (Å²) in [5, 5.41) is 16.3. The number of hydrogen-bond acceptors (Lipinski definition) is 4. The molecule has 27 heavy (non-hydrogen) atoms. The van der Waals surface area contributed by atoms with E-state index in [4.69, 9.17) is 5.26 Å². The number of carbonyl (C=O) groups is 1. The van der Waals surface area contributed by atoms with Crippen molar-refractivity contribution in [2.45, 2.75) is 12.5 Å². The van der Waals surface area contributed by atoms with E-state index >= 15 is 4.39 Å². The van der Waals surface area contributed by atoms with Crippen molar-refractivity contribution in [1.82, 2.24) is 24.6 Å². The quantitative estimate of drug-likeness (QED) is 0.719. The van der Waals surface area contributed by atoms with Crippen molar-refractivity contribution >= 4 is 16.8 Å². The van der Waals surface area contributed by atoms with E-state index in [1.165, 1.54) is 0 Å². The van der Waals surface area contributed by atoms with Crippen molar-refractivity contribution in [3.05, 3.63) is 42.1 Å². The summed E-state index contributed by atoms with van der Waals surface area (Å²) in [6, 6.07) is 5.29. The standard InChI is InChI=1S/C19H19FN6O/c1-24-9-13(8-22-24)12-3-4-16-15(7-12)17(20)18(25(16)2)19(27)23-14-5-6-26(10-14)11-21/h3-4,7-9,14H,5-6,10H2,1-2H3,(H,23,27)/t14-/m1/s1. The highest BCUT2D eigenvalue weighted by Gasteiger charge is 2.27. The number of rotatable bonds is 3. The Hall–Kier alpha value is -3.34. The van der Waals surface area contributed by atoms with E-state index in [1.807, 2.05) is 25.4 Å². The molecule has 1 saturated heterocycles. The van der Waals surface area contributed by atoms with Crippen LogP contribution in [0.5, 0.6) is 0 Å². The van der Waals surface area contributed by atoms with Gasteiger partial charge in [-0.2, -0.15) is 10.4 Å². The molecule has 8 heteroatoms. The van der Waals surface area contributed by atoms with Crippen LogP contribution in [0.15, 0.2) is 30.6 Å². The summed E-state index contributed by atoms with van der Waals surface area (Å²) in [5.41, 5.74) is 2.38. The molecule has 7 nitrogen and oxygen atoms in total. The number of benzene rings is 1. The first-order valence-electron chi connectivity index (χ1n) is 8.70. The summed E-state index contributed by atoms with van der Waals surface area (Å²) in [4.78, 5) is 14.3. The molecule has 4 rings (SSSR count). The molecule has 3 heterocycles. The third-order valence-electron chi connectivity index (χ3n) is 5.06. The average molecular weight is 366 g/mol. The van der Waals surface area contributed by atoms with E-state index in [0.29, 0.717) is 30.4 Å². The first-order chi connectivity index (χ1) is 13.0. The van der Waals surface area contributed by atoms with E-state index in [0.717, 1.165) is 11.1 Å². The Morgan fingerprint density at radius 1 is 1.37 bits per heavy atom. The second-order valence-corrected chi connectivity index (χ2v) is 6.86. The van der Waals surface area contributed by atoms with E-state index in [9.17, 15) is 4.79 Å². The summed E-state index contributed by atoms with van der Waals surface area (Å²) in [7, 11) is 3.50. The summed E-state index contributed by atoms with van der Waals surface area (Å²) in [6.07, 6.45) is 6.32. The molecule has 138 valence electrons. The van der Waals surface area contributed by atoms with Gasteiger partial charge in [0.15, 0.2) is 12.0 Å². The predicted molar refractivity (Wildman–Crippen MR) is 98.1 cm³/mol. The maximum atomic E-state index is 15.1. The number of amides is 1. The van der Waals surface area contributed by atoms with Gasteiger partial charge in [-0.1, -0.05) is 6.07 Å². The second kappa shape index (κ2) is 6.43. The van der Waals surface area contributed by atoms with Crippen LogP contribution in [-0.4, -0.2) is 44.3 Å². The van der Waals surface area contributed by atoms with Gasteiger partial charge in [-0.05, 0) is 24.1 Å². The zero-order valence-electron chi connectivity index (χ0n) is 15.1. The molecule has 1 atom stereocenters. The fourth-order valence-corrected chi connectivity index (χ4v) is 3.62. The van der Waals surface area contributed by atoms with Gasteiger partial charge in [0.1, 0.15) is 5.69 Å². The van der Waals surface area contributed by atoms with Gasteiger partial charge in [0.05, 0.1) is 11.7 Å². The Morgan fingerprint density at radius 2 is 2.19 bits per heavy atom. The fraction of sp³-hybridized carbons (Fsp3) is 0.316. The minimum atomic E-state index is -0.536. The van der Waals surface area contributed by atoms with Crippen LogP contribution in [0.1, 0.15) is 16.9 Å². The molecule has 0 saturated carbocycles. The highest BCUT2D eigenvalue weighted by atomic mass is 19.1. The molecule has 1 fully saturated rings. The Bertz CT molecular complexity index is 1080. The average Bonchev–Trinajstić information content (AvgIpc) is 3.34. The van der Waals surface area contributed by atoms with E-state index in [-0.39, 0.29) is 11.7 Å². The highest BCUT2D eigenvalue weighted by Crippen LogP contribution is 2.29. The first kappa shape index (κ1) is 17.1. The number of fused-ring (bicyclic) bond motifs is 1. The number of nitriles is 1. The molecule has 0 aliphatic carbocycles. The number of nitrogens with one attached hydrogen (secondary N) is 1. The number of nitrogens with zero attached hydrogens (tertiary/aromatic N) is 5. The van der Waals surface area contributed by atoms with Crippen LogP contribution in [0, 0.1) is 17.3 Å². The van der Waals surface area contributed by atoms with Gasteiger partial charge in [0.25, 0.3) is 5.91 Å². The normalized spacial score (nSPS) is 16.7. The molecule has 2 aromatic heterocycles. The molecule has 0 unspecified atom stereocenters. The lowest BCUT2D eigenvalue weighted by atomic mass is 10.1. The maximum Gasteiger partial charge on any atom is 0.271 e. The zero-order chi connectivity index (χ0) is 19.1. The number of aryl methyl sites for hydroxylation is 2. The smallest absolute Gasteiger partial charge is 0.271 e. The number of halogens is 1. The van der Waals surface area contributed by atoms with Crippen molar-refractivity contribution in [2.24, 2.45) is 14.1 Å². The van der Waals surface area contributed by atoms with Gasteiger partial charge in [0.2, 0.25) is 0 Å². The topological polar surface area (TPSA) is 78.9 Å². The van der Waals surface area contributed by atoms with Crippen LogP contribution in [0.4, 0.5) is 4.39 Å². The lowest BCUT2D eigenvalue weighted by Crippen LogP contribution is -2.37. The number of hydrogen-bond donors (Lipinski definition) is 1. The van der Waals surface area contributed by atoms with Gasteiger partial charge in [0, 0.05) is 50.4 Å². The zero-order valence-corrected chi connectivity index (χ0v) is 15.1. The van der Waals surface area contributed by atoms with Gasteiger partial charge >= 0.3 is 0 Å². The van der Waals surface area contributed by atoms with Gasteiger partial charge < -0.3 is 14.8 Å². The Morgan fingerprint density at radius 3 is 2.85 bits per heavy atom. The highest BCUT2D eigenvalue weighted by molar-refractivity contribution is 6.00. The van der Waals surface area contributed by atoms with Crippen molar-refractivity contribution in [3.63, 3.8) is 0 Å². The van der Waals surface area contributed by atoms with Gasteiger partial charge in [-0.3, -0.25) is 9.48 Å². The Kier molecular flexibility index (Phi) is 4.07. The largest absolute Gasteiger partial charge is 0.346 e. The SMILES string of the molecule is Cn1cc(-c2ccc3c(c2)c(F)c(C(=O)N[C@@H]2CCN(C#N)C2)n3C)cn1. The molecule has 1 aromatic carbocycles. The van der Waals surface area contributed by atoms with Crippen molar-refractivity contribution < 1.29 is 9.18 Å². The third-order valence-corrected chi connectivity index (χ3v) is 5.06. The molecule has 1 aliphatic heterocycles. The lowest BCUT2D eigenvalue weighted by Gasteiger charge is -2.12. The minimum absolute atomic E-state index is 0.00347. The van der Waals surface area contributed by atoms with Crippen molar-refractivity contribution in [2.75, 3.05) is 13.1 Å². The van der Waals surface area contributed by atoms with Gasteiger partial charge in [-0.25, -0.2) is 4.39 Å². The van der Waals surface area contributed by atoms with Crippen LogP contribution in [0.2, 0.25) is 0 Å². The van der Waals surface area contributed by atoms with Crippen LogP contribution >= 0.6 is 0 Å². The molecule has 1 N–H and O–H groups in total. The van der Waals surface area contributed by atoms with Crippen LogP contribution < -0.4 is 5.32 Å². The number of aromatic nitrogens is 3. The number of carbonyl (C=O) groups excluding carboxylic acids is 1. The molecular formula is C19H19FN6O. The predicted octanol–water partition coefficient (Wildman–Crippen LogP) is 2.00. The molecule has 0 bridgehead atoms. The molecule has 0 spiro atoms.